The van der Waals surface area contributed by atoms with Gasteiger partial charge in [-0.3, -0.25) is 14.6 Å². The van der Waals surface area contributed by atoms with Gasteiger partial charge in [-0.1, -0.05) is 0 Å². The van der Waals surface area contributed by atoms with Crippen molar-refractivity contribution in [3.05, 3.63) is 28.5 Å². The second-order valence-electron chi connectivity index (χ2n) is 5.93. The van der Waals surface area contributed by atoms with E-state index in [4.69, 9.17) is 9.84 Å². The SMILES string of the molecule is O=C(NCC1(C(=O)O)CC1)[C@@H]1CCO[C@H]1c1cncc(Br)c1. The Morgan fingerprint density at radius 2 is 2.23 bits per heavy atom. The molecule has 1 aliphatic heterocycles. The normalized spacial score (nSPS) is 25.7. The molecule has 1 aliphatic carbocycles. The fourth-order valence-corrected chi connectivity index (χ4v) is 3.16. The summed E-state index contributed by atoms with van der Waals surface area (Å²) in [5.41, 5.74) is 0.105. The third-order valence-electron chi connectivity index (χ3n) is 4.39. The average molecular weight is 369 g/mol. The number of aliphatic carboxylic acids is 1. The minimum absolute atomic E-state index is 0.144. The lowest BCUT2D eigenvalue weighted by Crippen LogP contribution is -2.38. The number of aromatic nitrogens is 1. The molecule has 2 atom stereocenters. The average Bonchev–Trinajstić information content (AvgIpc) is 3.13. The van der Waals surface area contributed by atoms with E-state index in [-0.39, 0.29) is 24.5 Å². The largest absolute Gasteiger partial charge is 0.481 e. The summed E-state index contributed by atoms with van der Waals surface area (Å²) in [6, 6.07) is 1.89. The zero-order valence-electron chi connectivity index (χ0n) is 11.9. The number of hydrogen-bond acceptors (Lipinski definition) is 4. The van der Waals surface area contributed by atoms with Crippen LogP contribution in [0, 0.1) is 11.3 Å². The van der Waals surface area contributed by atoms with Gasteiger partial charge >= 0.3 is 5.97 Å². The fourth-order valence-electron chi connectivity index (χ4n) is 2.78. The Morgan fingerprint density at radius 1 is 1.45 bits per heavy atom. The summed E-state index contributed by atoms with van der Waals surface area (Å²) in [7, 11) is 0. The van der Waals surface area contributed by atoms with Crippen molar-refractivity contribution in [2.24, 2.45) is 11.3 Å². The monoisotopic (exact) mass is 368 g/mol. The first-order valence-corrected chi connectivity index (χ1v) is 8.04. The van der Waals surface area contributed by atoms with Crippen LogP contribution in [-0.2, 0) is 14.3 Å². The maximum atomic E-state index is 12.4. The Balaban J connectivity index is 1.65. The topological polar surface area (TPSA) is 88.5 Å². The van der Waals surface area contributed by atoms with Crippen LogP contribution in [0.4, 0.5) is 0 Å². The van der Waals surface area contributed by atoms with Gasteiger partial charge in [0.25, 0.3) is 0 Å². The van der Waals surface area contributed by atoms with Gasteiger partial charge in [0.2, 0.25) is 5.91 Å². The van der Waals surface area contributed by atoms with Gasteiger partial charge in [0.15, 0.2) is 0 Å². The van der Waals surface area contributed by atoms with Crippen LogP contribution in [0.25, 0.3) is 0 Å². The molecule has 2 aliphatic rings. The van der Waals surface area contributed by atoms with Gasteiger partial charge in [-0.15, -0.1) is 0 Å². The Labute approximate surface area is 136 Å². The number of nitrogens with zero attached hydrogens (tertiary/aromatic N) is 1. The molecular formula is C15H17BrN2O4. The van der Waals surface area contributed by atoms with Crippen LogP contribution < -0.4 is 5.32 Å². The lowest BCUT2D eigenvalue weighted by atomic mass is 9.95. The predicted octanol–water partition coefficient (Wildman–Crippen LogP) is 1.90. The number of nitrogens with one attached hydrogen (secondary N) is 1. The molecule has 0 aromatic carbocycles. The lowest BCUT2D eigenvalue weighted by molar-refractivity contribution is -0.143. The highest BCUT2D eigenvalue weighted by molar-refractivity contribution is 9.10. The molecule has 1 saturated heterocycles. The number of carbonyl (C=O) groups excluding carboxylic acids is 1. The molecule has 0 spiro atoms. The van der Waals surface area contributed by atoms with Crippen LogP contribution in [0.5, 0.6) is 0 Å². The Kier molecular flexibility index (Phi) is 4.18. The van der Waals surface area contributed by atoms with Crippen LogP contribution in [0.2, 0.25) is 0 Å². The summed E-state index contributed by atoms with van der Waals surface area (Å²) >= 11 is 3.36. The maximum Gasteiger partial charge on any atom is 0.311 e. The molecule has 6 nitrogen and oxygen atoms in total. The molecule has 2 heterocycles. The third-order valence-corrected chi connectivity index (χ3v) is 4.82. The van der Waals surface area contributed by atoms with E-state index >= 15 is 0 Å². The quantitative estimate of drug-likeness (QED) is 0.828. The number of rotatable bonds is 5. The first-order valence-electron chi connectivity index (χ1n) is 7.25. The second kappa shape index (κ2) is 5.96. The van der Waals surface area contributed by atoms with Gasteiger partial charge < -0.3 is 15.2 Å². The van der Waals surface area contributed by atoms with Gasteiger partial charge in [-0.25, -0.2) is 0 Å². The summed E-state index contributed by atoms with van der Waals surface area (Å²) in [5, 5.41) is 11.9. The molecule has 1 aromatic heterocycles. The molecule has 7 heteroatoms. The van der Waals surface area contributed by atoms with E-state index in [0.29, 0.717) is 25.9 Å². The molecular weight excluding hydrogens is 352 g/mol. The van der Waals surface area contributed by atoms with E-state index in [0.717, 1.165) is 10.0 Å². The summed E-state index contributed by atoms with van der Waals surface area (Å²) in [5.74, 6) is -1.28. The number of carboxylic acid groups (broad SMARTS) is 1. The highest BCUT2D eigenvalue weighted by atomic mass is 79.9. The van der Waals surface area contributed by atoms with Crippen molar-refractivity contribution in [1.82, 2.24) is 10.3 Å². The predicted molar refractivity (Wildman–Crippen MR) is 81.0 cm³/mol. The zero-order valence-corrected chi connectivity index (χ0v) is 13.5. The van der Waals surface area contributed by atoms with E-state index in [1.807, 2.05) is 6.07 Å². The van der Waals surface area contributed by atoms with Crippen LogP contribution in [0.15, 0.2) is 22.9 Å². The molecule has 118 valence electrons. The summed E-state index contributed by atoms with van der Waals surface area (Å²) in [4.78, 5) is 27.7. The fraction of sp³-hybridized carbons (Fsp3) is 0.533. The molecule has 1 amide bonds. The zero-order chi connectivity index (χ0) is 15.7. The number of halogens is 1. The number of hydrogen-bond donors (Lipinski definition) is 2. The number of carbonyl (C=O) groups is 2. The summed E-state index contributed by atoms with van der Waals surface area (Å²) in [6.07, 6.45) is 4.93. The molecule has 1 aromatic rings. The molecule has 0 radical (unpaired) electrons. The van der Waals surface area contributed by atoms with Gasteiger partial charge in [0.05, 0.1) is 17.4 Å². The van der Waals surface area contributed by atoms with Gasteiger partial charge in [-0.2, -0.15) is 0 Å². The Morgan fingerprint density at radius 3 is 2.86 bits per heavy atom. The first kappa shape index (κ1) is 15.4. The molecule has 3 rings (SSSR count). The van der Waals surface area contributed by atoms with Crippen molar-refractivity contribution in [3.8, 4) is 0 Å². The maximum absolute atomic E-state index is 12.4. The lowest BCUT2D eigenvalue weighted by Gasteiger charge is -2.19. The van der Waals surface area contributed by atoms with Gasteiger partial charge in [-0.05, 0) is 41.3 Å². The van der Waals surface area contributed by atoms with E-state index in [1.165, 1.54) is 0 Å². The number of ether oxygens (including phenoxy) is 1. The van der Waals surface area contributed by atoms with E-state index in [2.05, 4.69) is 26.2 Å². The Bertz CT molecular complexity index is 603. The minimum Gasteiger partial charge on any atom is -0.481 e. The van der Waals surface area contributed by atoms with E-state index in [9.17, 15) is 9.59 Å². The van der Waals surface area contributed by atoms with Crippen molar-refractivity contribution in [1.29, 1.82) is 0 Å². The van der Waals surface area contributed by atoms with E-state index < -0.39 is 11.4 Å². The van der Waals surface area contributed by atoms with Gasteiger partial charge in [0.1, 0.15) is 0 Å². The molecule has 1 saturated carbocycles. The molecule has 22 heavy (non-hydrogen) atoms. The molecule has 0 bridgehead atoms. The van der Waals surface area contributed by atoms with E-state index in [1.54, 1.807) is 12.4 Å². The van der Waals surface area contributed by atoms with Crippen molar-refractivity contribution < 1.29 is 19.4 Å². The van der Waals surface area contributed by atoms with Gasteiger partial charge in [0, 0.05) is 35.6 Å². The van der Waals surface area contributed by atoms with Crippen LogP contribution in [-0.4, -0.2) is 35.1 Å². The smallest absolute Gasteiger partial charge is 0.311 e. The highest BCUT2D eigenvalue weighted by Crippen LogP contribution is 2.45. The highest BCUT2D eigenvalue weighted by Gasteiger charge is 2.50. The third kappa shape index (κ3) is 3.01. The molecule has 0 unspecified atom stereocenters. The first-order chi connectivity index (χ1) is 10.5. The number of carboxylic acids is 1. The summed E-state index contributed by atoms with van der Waals surface area (Å²) in [6.45, 7) is 0.709. The number of amides is 1. The van der Waals surface area contributed by atoms with Crippen molar-refractivity contribution in [3.63, 3.8) is 0 Å². The Hall–Kier alpha value is -1.47. The minimum atomic E-state index is -0.830. The van der Waals surface area contributed by atoms with Crippen LogP contribution >= 0.6 is 15.9 Å². The molecule has 2 N–H and O–H groups in total. The van der Waals surface area contributed by atoms with Crippen LogP contribution in [0.1, 0.15) is 30.9 Å². The summed E-state index contributed by atoms with van der Waals surface area (Å²) < 4.78 is 6.52. The number of pyridine rings is 1. The van der Waals surface area contributed by atoms with Crippen molar-refractivity contribution in [2.45, 2.75) is 25.4 Å². The second-order valence-corrected chi connectivity index (χ2v) is 6.84. The molecule has 2 fully saturated rings. The van der Waals surface area contributed by atoms with Crippen molar-refractivity contribution in [2.75, 3.05) is 13.2 Å². The van der Waals surface area contributed by atoms with Crippen molar-refractivity contribution >= 4 is 27.8 Å². The standard InChI is InChI=1S/C15H17BrN2O4/c16-10-5-9(6-17-7-10)12-11(1-4-22-12)13(19)18-8-15(2-3-15)14(20)21/h5-7,11-12H,1-4,8H2,(H,18,19)(H,20,21)/t11-,12+/m1/s1. The van der Waals surface area contributed by atoms with Crippen LogP contribution in [0.3, 0.4) is 0 Å².